The van der Waals surface area contributed by atoms with Gasteiger partial charge in [-0.2, -0.15) is 0 Å². The first kappa shape index (κ1) is 21.1. The molecule has 0 aliphatic carbocycles. The molecule has 166 valence electrons. The molecule has 1 aromatic heterocycles. The third-order valence-electron chi connectivity index (χ3n) is 5.79. The maximum atomic E-state index is 5.95. The molecule has 0 saturated carbocycles. The van der Waals surface area contributed by atoms with E-state index in [1.54, 1.807) is 23.5 Å². The molecule has 0 unspecified atom stereocenters. The zero-order chi connectivity index (χ0) is 22.9. The second-order valence-corrected chi connectivity index (χ2v) is 10.2. The van der Waals surface area contributed by atoms with Gasteiger partial charge in [-0.3, -0.25) is 0 Å². The van der Waals surface area contributed by atoms with E-state index >= 15 is 0 Å². The van der Waals surface area contributed by atoms with Crippen molar-refractivity contribution in [2.45, 2.75) is 10.1 Å². The second kappa shape index (κ2) is 9.05. The van der Waals surface area contributed by atoms with Gasteiger partial charge in [0.2, 0.25) is 0 Å². The Hall–Kier alpha value is -3.48. The topological polar surface area (TPSA) is 63.8 Å². The van der Waals surface area contributed by atoms with Gasteiger partial charge in [0.1, 0.15) is 15.6 Å². The monoisotopic (exact) mass is 478 g/mol. The minimum atomic E-state index is 0.735. The number of fused-ring (bicyclic) bond motifs is 2. The lowest BCUT2D eigenvalue weighted by Crippen LogP contribution is -2.04. The van der Waals surface area contributed by atoms with E-state index in [1.807, 2.05) is 36.4 Å². The third-order valence-corrected chi connectivity index (χ3v) is 8.11. The number of hydrogen-bond donors (Lipinski definition) is 2. The van der Waals surface area contributed by atoms with Gasteiger partial charge in [-0.05, 0) is 47.0 Å². The number of nitrogens with zero attached hydrogens (tertiary/aromatic N) is 2. The van der Waals surface area contributed by atoms with Gasteiger partial charge < -0.3 is 11.1 Å². The summed E-state index contributed by atoms with van der Waals surface area (Å²) in [6.45, 7) is 0. The summed E-state index contributed by atoms with van der Waals surface area (Å²) in [5.41, 5.74) is 14.9. The van der Waals surface area contributed by atoms with E-state index in [9.17, 15) is 0 Å². The van der Waals surface area contributed by atoms with Crippen LogP contribution >= 0.6 is 23.5 Å². The second-order valence-electron chi connectivity index (χ2n) is 8.05. The predicted octanol–water partition coefficient (Wildman–Crippen LogP) is 7.49. The minimum Gasteiger partial charge on any atom is -0.399 e. The van der Waals surface area contributed by atoms with Gasteiger partial charge in [0.25, 0.3) is 0 Å². The molecule has 6 heteroatoms. The van der Waals surface area contributed by atoms with Gasteiger partial charge in [0.15, 0.2) is 0 Å². The van der Waals surface area contributed by atoms with E-state index in [0.717, 1.165) is 71.9 Å². The molecule has 0 atom stereocenters. The molecular formula is C28H22N4S2. The van der Waals surface area contributed by atoms with Crippen LogP contribution < -0.4 is 11.1 Å². The van der Waals surface area contributed by atoms with Crippen molar-refractivity contribution in [3.63, 3.8) is 0 Å². The Balaban J connectivity index is 1.69. The van der Waals surface area contributed by atoms with Crippen molar-refractivity contribution >= 4 is 51.6 Å². The van der Waals surface area contributed by atoms with Gasteiger partial charge in [0.05, 0.1) is 11.2 Å². The average Bonchev–Trinajstić information content (AvgIpc) is 2.89. The maximum Gasteiger partial charge on any atom is 0.129 e. The smallest absolute Gasteiger partial charge is 0.129 e. The molecule has 5 aromatic rings. The van der Waals surface area contributed by atoms with E-state index < -0.39 is 0 Å². The fourth-order valence-electron chi connectivity index (χ4n) is 4.21. The number of hydrogen-bond acceptors (Lipinski definition) is 6. The van der Waals surface area contributed by atoms with Gasteiger partial charge in [0, 0.05) is 28.4 Å². The van der Waals surface area contributed by atoms with Crippen LogP contribution in [0.4, 0.5) is 17.1 Å². The lowest BCUT2D eigenvalue weighted by Gasteiger charge is -2.21. The van der Waals surface area contributed by atoms with E-state index in [0.29, 0.717) is 0 Å². The number of nitrogens with two attached hydrogens (primary N) is 1. The first-order valence-electron chi connectivity index (χ1n) is 11.1. The summed E-state index contributed by atoms with van der Waals surface area (Å²) < 4.78 is 0. The molecule has 0 fully saturated rings. The summed E-state index contributed by atoms with van der Waals surface area (Å²) in [5, 5.41) is 5.72. The lowest BCUT2D eigenvalue weighted by atomic mass is 9.91. The molecule has 0 bridgehead atoms. The number of rotatable bonds is 4. The summed E-state index contributed by atoms with van der Waals surface area (Å²) in [7, 11) is 0. The van der Waals surface area contributed by atoms with Crippen LogP contribution in [-0.4, -0.2) is 21.5 Å². The van der Waals surface area contributed by atoms with Crippen LogP contribution in [0, 0.1) is 0 Å². The van der Waals surface area contributed by atoms with Crippen LogP contribution in [0.2, 0.25) is 0 Å². The largest absolute Gasteiger partial charge is 0.399 e. The Bertz CT molecular complexity index is 1470. The SMILES string of the molecule is Nc1ccc(Nc2c(-c3ccccc3)c(-c3ccccc3)cc3nc4c(nc23)SCCS4)cc1. The van der Waals surface area contributed by atoms with Crippen molar-refractivity contribution in [2.75, 3.05) is 22.6 Å². The van der Waals surface area contributed by atoms with Crippen LogP contribution in [0.15, 0.2) is 101 Å². The fourth-order valence-corrected chi connectivity index (χ4v) is 6.27. The Labute approximate surface area is 207 Å². The summed E-state index contributed by atoms with van der Waals surface area (Å²) in [6, 6.07) is 31.0. The van der Waals surface area contributed by atoms with E-state index in [2.05, 4.69) is 59.9 Å². The fraction of sp³-hybridized carbons (Fsp3) is 0.0714. The highest BCUT2D eigenvalue weighted by Gasteiger charge is 2.22. The number of benzene rings is 4. The van der Waals surface area contributed by atoms with Crippen LogP contribution in [0.25, 0.3) is 33.3 Å². The van der Waals surface area contributed by atoms with Crippen LogP contribution in [0.1, 0.15) is 0 Å². The molecule has 1 aliphatic rings. The number of aromatic nitrogens is 2. The van der Waals surface area contributed by atoms with Gasteiger partial charge in [-0.1, -0.05) is 60.7 Å². The molecular weight excluding hydrogens is 456 g/mol. The number of nitrogen functional groups attached to an aromatic ring is 1. The zero-order valence-electron chi connectivity index (χ0n) is 18.4. The molecule has 4 nitrogen and oxygen atoms in total. The Kier molecular flexibility index (Phi) is 5.61. The lowest BCUT2D eigenvalue weighted by molar-refractivity contribution is 0.963. The van der Waals surface area contributed by atoms with E-state index in [1.165, 1.54) is 0 Å². The van der Waals surface area contributed by atoms with Gasteiger partial charge >= 0.3 is 0 Å². The third kappa shape index (κ3) is 4.00. The minimum absolute atomic E-state index is 0.735. The van der Waals surface area contributed by atoms with Crippen molar-refractivity contribution in [1.29, 1.82) is 0 Å². The summed E-state index contributed by atoms with van der Waals surface area (Å²) >= 11 is 3.57. The maximum absolute atomic E-state index is 5.95. The highest BCUT2D eigenvalue weighted by atomic mass is 32.2. The Morgan fingerprint density at radius 2 is 1.32 bits per heavy atom. The van der Waals surface area contributed by atoms with E-state index in [4.69, 9.17) is 15.7 Å². The van der Waals surface area contributed by atoms with Crippen molar-refractivity contribution in [2.24, 2.45) is 0 Å². The zero-order valence-corrected chi connectivity index (χ0v) is 20.0. The van der Waals surface area contributed by atoms with Crippen molar-refractivity contribution in [3.05, 3.63) is 91.0 Å². The number of nitrogens with one attached hydrogen (secondary N) is 1. The standard InChI is InChI=1S/C28H22N4S2/c29-20-11-13-21(14-12-20)30-26-24(19-9-5-2-6-10-19)22(18-7-3-1-4-8-18)17-23-25(26)32-28-27(31-23)33-15-16-34-28/h1-14,17,30H,15-16,29H2. The average molecular weight is 479 g/mol. The van der Waals surface area contributed by atoms with Crippen molar-refractivity contribution in [1.82, 2.24) is 9.97 Å². The predicted molar refractivity (Wildman–Crippen MR) is 146 cm³/mol. The highest BCUT2D eigenvalue weighted by Crippen LogP contribution is 2.45. The Morgan fingerprint density at radius 3 is 2.00 bits per heavy atom. The molecule has 0 spiro atoms. The van der Waals surface area contributed by atoms with Crippen LogP contribution in [0.3, 0.4) is 0 Å². The Morgan fingerprint density at radius 1 is 0.706 bits per heavy atom. The molecule has 2 heterocycles. The molecule has 4 aromatic carbocycles. The summed E-state index contributed by atoms with van der Waals surface area (Å²) in [5.74, 6) is 2.11. The first-order chi connectivity index (χ1) is 16.8. The number of anilines is 3. The van der Waals surface area contributed by atoms with Crippen molar-refractivity contribution < 1.29 is 0 Å². The van der Waals surface area contributed by atoms with Gasteiger partial charge in [-0.25, -0.2) is 9.97 Å². The normalized spacial score (nSPS) is 12.9. The molecule has 0 amide bonds. The number of thioether (sulfide) groups is 2. The quantitative estimate of drug-likeness (QED) is 0.261. The van der Waals surface area contributed by atoms with Crippen molar-refractivity contribution in [3.8, 4) is 22.3 Å². The summed E-state index contributed by atoms with van der Waals surface area (Å²) in [4.78, 5) is 10.2. The molecule has 0 radical (unpaired) electrons. The molecule has 6 rings (SSSR count). The highest BCUT2D eigenvalue weighted by molar-refractivity contribution is 8.05. The van der Waals surface area contributed by atoms with E-state index in [-0.39, 0.29) is 0 Å². The van der Waals surface area contributed by atoms with Crippen LogP contribution in [-0.2, 0) is 0 Å². The molecule has 34 heavy (non-hydrogen) atoms. The first-order valence-corrected chi connectivity index (χ1v) is 13.1. The van der Waals surface area contributed by atoms with Gasteiger partial charge in [-0.15, -0.1) is 23.5 Å². The molecule has 1 aliphatic heterocycles. The van der Waals surface area contributed by atoms with Crippen LogP contribution in [0.5, 0.6) is 0 Å². The molecule has 3 N–H and O–H groups in total. The summed E-state index contributed by atoms with van der Waals surface area (Å²) in [6.07, 6.45) is 0. The molecule has 0 saturated heterocycles.